The van der Waals surface area contributed by atoms with Crippen LogP contribution in [0.15, 0.2) is 48.5 Å². The summed E-state index contributed by atoms with van der Waals surface area (Å²) in [6, 6.07) is 13.6. The monoisotopic (exact) mass is 436 g/mol. The van der Waals surface area contributed by atoms with Crippen molar-refractivity contribution >= 4 is 35.2 Å². The summed E-state index contributed by atoms with van der Waals surface area (Å²) >= 11 is 7.35. The molecule has 0 aliphatic carbocycles. The molecule has 0 aliphatic rings. The fourth-order valence-electron chi connectivity index (χ4n) is 2.99. The van der Waals surface area contributed by atoms with E-state index in [-0.39, 0.29) is 29.1 Å². The molecule has 1 atom stereocenters. The summed E-state index contributed by atoms with van der Waals surface area (Å²) in [6.45, 7) is 4.58. The van der Waals surface area contributed by atoms with Crippen LogP contribution in [0.2, 0.25) is 5.02 Å². The van der Waals surface area contributed by atoms with E-state index in [2.05, 4.69) is 5.32 Å². The van der Waals surface area contributed by atoms with Gasteiger partial charge in [0.15, 0.2) is 0 Å². The quantitative estimate of drug-likeness (QED) is 0.589. The lowest BCUT2D eigenvalue weighted by molar-refractivity contribution is -0.139. The van der Waals surface area contributed by atoms with Crippen LogP contribution in [0.5, 0.6) is 0 Å². The van der Waals surface area contributed by atoms with Crippen LogP contribution in [0.3, 0.4) is 0 Å². The second-order valence-corrected chi connectivity index (χ2v) is 7.91. The maximum absolute atomic E-state index is 13.9. The molecule has 2 aromatic rings. The lowest BCUT2D eigenvalue weighted by atomic mass is 10.1. The van der Waals surface area contributed by atoms with Crippen molar-refractivity contribution in [2.75, 3.05) is 12.3 Å². The molecule has 4 nitrogen and oxygen atoms in total. The van der Waals surface area contributed by atoms with E-state index >= 15 is 0 Å². The van der Waals surface area contributed by atoms with Gasteiger partial charge in [-0.2, -0.15) is 0 Å². The van der Waals surface area contributed by atoms with Gasteiger partial charge in [-0.3, -0.25) is 9.59 Å². The van der Waals surface area contributed by atoms with E-state index < -0.39 is 6.04 Å². The van der Waals surface area contributed by atoms with E-state index in [1.54, 1.807) is 17.0 Å². The Morgan fingerprint density at radius 1 is 1.14 bits per heavy atom. The molecule has 0 spiro atoms. The van der Waals surface area contributed by atoms with Crippen molar-refractivity contribution in [3.05, 3.63) is 70.5 Å². The van der Waals surface area contributed by atoms with Gasteiger partial charge in [-0.05, 0) is 31.0 Å². The number of hydrogen-bond donors (Lipinski definition) is 1. The lowest BCUT2D eigenvalue weighted by Crippen LogP contribution is -2.49. The fourth-order valence-corrected chi connectivity index (χ4v) is 4.23. The second kappa shape index (κ2) is 11.8. The molecule has 0 saturated heterocycles. The fraction of sp³-hybridized carbons (Fsp3) is 0.364. The molecular weight excluding hydrogens is 411 g/mol. The van der Waals surface area contributed by atoms with Crippen molar-refractivity contribution in [3.8, 4) is 0 Å². The van der Waals surface area contributed by atoms with E-state index in [9.17, 15) is 14.0 Å². The summed E-state index contributed by atoms with van der Waals surface area (Å²) in [6.07, 6.45) is 0.508. The molecule has 2 aromatic carbocycles. The van der Waals surface area contributed by atoms with Gasteiger partial charge in [0.1, 0.15) is 11.9 Å². The first-order valence-electron chi connectivity index (χ1n) is 9.59. The third-order valence-corrected chi connectivity index (χ3v) is 5.76. The Bertz CT molecular complexity index is 799. The van der Waals surface area contributed by atoms with Crippen molar-refractivity contribution in [2.45, 2.75) is 38.6 Å². The summed E-state index contributed by atoms with van der Waals surface area (Å²) in [7, 11) is 0. The minimum atomic E-state index is -0.555. The number of amides is 2. The molecule has 2 amide bonds. The predicted octanol–water partition coefficient (Wildman–Crippen LogP) is 4.66. The van der Waals surface area contributed by atoms with Crippen LogP contribution < -0.4 is 5.32 Å². The van der Waals surface area contributed by atoms with Gasteiger partial charge < -0.3 is 10.2 Å². The Labute approximate surface area is 180 Å². The Morgan fingerprint density at radius 3 is 2.48 bits per heavy atom. The first-order valence-corrected chi connectivity index (χ1v) is 11.1. The van der Waals surface area contributed by atoms with E-state index in [0.717, 1.165) is 5.56 Å². The van der Waals surface area contributed by atoms with E-state index in [4.69, 9.17) is 11.6 Å². The molecule has 0 fully saturated rings. The van der Waals surface area contributed by atoms with Gasteiger partial charge in [-0.1, -0.05) is 54.9 Å². The Kier molecular flexibility index (Phi) is 9.48. The zero-order valence-corrected chi connectivity index (χ0v) is 18.2. The molecule has 0 aliphatic heterocycles. The average molecular weight is 437 g/mol. The predicted molar refractivity (Wildman–Crippen MR) is 117 cm³/mol. The molecule has 1 N–H and O–H groups in total. The van der Waals surface area contributed by atoms with Crippen molar-refractivity contribution in [1.82, 2.24) is 10.2 Å². The second-order valence-electron chi connectivity index (χ2n) is 6.52. The molecule has 2 rings (SSSR count). The van der Waals surface area contributed by atoms with Crippen molar-refractivity contribution in [1.29, 1.82) is 0 Å². The molecule has 0 saturated carbocycles. The SMILES string of the molecule is CCNC(=O)[C@H](CC)N(Cc1ccccc1)C(=O)CSCc1c(F)cccc1Cl. The number of hydrogen-bond acceptors (Lipinski definition) is 3. The molecule has 0 heterocycles. The number of carbonyl (C=O) groups excluding carboxylic acids is 2. The molecule has 29 heavy (non-hydrogen) atoms. The molecule has 0 bridgehead atoms. The average Bonchev–Trinajstić information content (AvgIpc) is 2.71. The van der Waals surface area contributed by atoms with Gasteiger partial charge in [-0.15, -0.1) is 11.8 Å². The molecule has 156 valence electrons. The Hall–Kier alpha value is -2.05. The third-order valence-electron chi connectivity index (χ3n) is 4.47. The number of benzene rings is 2. The molecule has 0 aromatic heterocycles. The Morgan fingerprint density at radius 2 is 1.86 bits per heavy atom. The molecule has 0 radical (unpaired) electrons. The maximum atomic E-state index is 13.9. The largest absolute Gasteiger partial charge is 0.355 e. The van der Waals surface area contributed by atoms with Gasteiger partial charge >= 0.3 is 0 Å². The maximum Gasteiger partial charge on any atom is 0.242 e. The molecule has 7 heteroatoms. The summed E-state index contributed by atoms with van der Waals surface area (Å²) < 4.78 is 13.9. The highest BCUT2D eigenvalue weighted by atomic mass is 35.5. The van der Waals surface area contributed by atoms with Crippen LogP contribution >= 0.6 is 23.4 Å². The summed E-state index contributed by atoms with van der Waals surface area (Å²) in [5.41, 5.74) is 1.34. The topological polar surface area (TPSA) is 49.4 Å². The van der Waals surface area contributed by atoms with E-state index in [1.165, 1.54) is 17.8 Å². The number of rotatable bonds is 10. The summed E-state index contributed by atoms with van der Waals surface area (Å²) in [4.78, 5) is 27.1. The van der Waals surface area contributed by atoms with Gasteiger partial charge in [0.05, 0.1) is 5.75 Å². The number of halogens is 2. The van der Waals surface area contributed by atoms with Gasteiger partial charge in [0.25, 0.3) is 0 Å². The lowest BCUT2D eigenvalue weighted by Gasteiger charge is -2.30. The molecule has 0 unspecified atom stereocenters. The number of nitrogens with one attached hydrogen (secondary N) is 1. The van der Waals surface area contributed by atoms with Crippen LogP contribution in [-0.2, 0) is 21.9 Å². The normalized spacial score (nSPS) is 11.7. The highest BCUT2D eigenvalue weighted by Gasteiger charge is 2.28. The van der Waals surface area contributed by atoms with Crippen LogP contribution in [0.25, 0.3) is 0 Å². The van der Waals surface area contributed by atoms with Crippen LogP contribution in [0, 0.1) is 5.82 Å². The molecular formula is C22H26ClFN2O2S. The third kappa shape index (κ3) is 6.75. The number of carbonyl (C=O) groups is 2. The van der Waals surface area contributed by atoms with Crippen LogP contribution in [0.4, 0.5) is 4.39 Å². The van der Waals surface area contributed by atoms with E-state index in [1.807, 2.05) is 44.2 Å². The zero-order valence-electron chi connectivity index (χ0n) is 16.7. The van der Waals surface area contributed by atoms with Crippen molar-refractivity contribution in [3.63, 3.8) is 0 Å². The van der Waals surface area contributed by atoms with Crippen molar-refractivity contribution in [2.24, 2.45) is 0 Å². The minimum absolute atomic E-state index is 0.132. The number of thioether (sulfide) groups is 1. The Balaban J connectivity index is 2.11. The first-order chi connectivity index (χ1) is 14.0. The highest BCUT2D eigenvalue weighted by Crippen LogP contribution is 2.24. The number of likely N-dealkylation sites (N-methyl/N-ethyl adjacent to an activating group) is 1. The highest BCUT2D eigenvalue weighted by molar-refractivity contribution is 7.99. The van der Waals surface area contributed by atoms with Crippen LogP contribution in [0.1, 0.15) is 31.4 Å². The van der Waals surface area contributed by atoms with E-state index in [0.29, 0.717) is 30.1 Å². The van der Waals surface area contributed by atoms with Gasteiger partial charge in [-0.25, -0.2) is 4.39 Å². The first kappa shape index (κ1) is 23.2. The van der Waals surface area contributed by atoms with Gasteiger partial charge in [0, 0.05) is 29.4 Å². The standard InChI is InChI=1S/C22H26ClFN2O2S/c1-3-20(22(28)25-4-2)26(13-16-9-6-5-7-10-16)21(27)15-29-14-17-18(23)11-8-12-19(17)24/h5-12,20H,3-4,13-15H2,1-2H3,(H,25,28)/t20-/m0/s1. The number of nitrogens with zero attached hydrogens (tertiary/aromatic N) is 1. The van der Waals surface area contributed by atoms with Crippen molar-refractivity contribution < 1.29 is 14.0 Å². The zero-order chi connectivity index (χ0) is 21.2. The smallest absolute Gasteiger partial charge is 0.242 e. The summed E-state index contributed by atoms with van der Waals surface area (Å²) in [5.74, 6) is -0.292. The van der Waals surface area contributed by atoms with Crippen LogP contribution in [-0.4, -0.2) is 35.1 Å². The minimum Gasteiger partial charge on any atom is -0.355 e. The summed E-state index contributed by atoms with van der Waals surface area (Å²) in [5, 5.41) is 3.15. The van der Waals surface area contributed by atoms with Gasteiger partial charge in [0.2, 0.25) is 11.8 Å².